The van der Waals surface area contributed by atoms with E-state index in [9.17, 15) is 0 Å². The van der Waals surface area contributed by atoms with E-state index in [1.807, 2.05) is 0 Å². The molecule has 1 heterocycles. The first kappa shape index (κ1) is 51.8. The van der Waals surface area contributed by atoms with Gasteiger partial charge in [-0.1, -0.05) is 201 Å². The molecule has 1 fully saturated rings. The molecule has 0 spiro atoms. The number of unbranched alkanes of at least 4 members (excludes halogenated alkanes) is 27. The number of piperazine rings is 1. The highest BCUT2D eigenvalue weighted by molar-refractivity contribution is 4.75. The fraction of sp³-hybridized carbons (Fsp3) is 1.00. The summed E-state index contributed by atoms with van der Waals surface area (Å²) in [6, 6.07) is 0. The number of rotatable bonds is 44. The van der Waals surface area contributed by atoms with Gasteiger partial charge in [0.05, 0.1) is 0 Å². The van der Waals surface area contributed by atoms with Crippen LogP contribution in [0.25, 0.3) is 0 Å². The van der Waals surface area contributed by atoms with Crippen molar-refractivity contribution in [3.05, 3.63) is 0 Å². The van der Waals surface area contributed by atoms with Crippen molar-refractivity contribution in [2.24, 2.45) is 0 Å². The molecule has 1 aliphatic rings. The maximum Gasteiger partial charge on any atom is 0.0110 e. The van der Waals surface area contributed by atoms with Gasteiger partial charge < -0.3 is 15.1 Å². The van der Waals surface area contributed by atoms with Crippen LogP contribution in [-0.4, -0.2) is 111 Å². The zero-order chi connectivity index (χ0) is 38.8. The molecule has 1 saturated heterocycles. The molecule has 0 saturated carbocycles. The number of nitrogens with zero attached hydrogens (tertiary/aromatic N) is 4. The van der Waals surface area contributed by atoms with Crippen LogP contribution in [0.5, 0.6) is 0 Å². The van der Waals surface area contributed by atoms with Crippen LogP contribution in [0.2, 0.25) is 0 Å². The molecular weight excluding hydrogens is 659 g/mol. The molecule has 1 aliphatic heterocycles. The lowest BCUT2D eigenvalue weighted by atomic mass is 10.1. The smallest absolute Gasteiger partial charge is 0.0110 e. The molecule has 0 aromatic heterocycles. The molecule has 324 valence electrons. The highest BCUT2D eigenvalue weighted by atomic mass is 15.3. The van der Waals surface area contributed by atoms with Gasteiger partial charge in [-0.3, -0.25) is 9.80 Å². The second kappa shape index (κ2) is 42.4. The quantitative estimate of drug-likeness (QED) is 0.0624. The highest BCUT2D eigenvalue weighted by Gasteiger charge is 2.18. The molecule has 1 N–H and O–H groups in total. The van der Waals surface area contributed by atoms with Gasteiger partial charge in [-0.25, -0.2) is 0 Å². The summed E-state index contributed by atoms with van der Waals surface area (Å²) in [6.45, 7) is 27.0. The third-order valence-electron chi connectivity index (χ3n) is 12.5. The summed E-state index contributed by atoms with van der Waals surface area (Å²) < 4.78 is 0. The van der Waals surface area contributed by atoms with Gasteiger partial charge in [0.15, 0.2) is 0 Å². The maximum atomic E-state index is 3.76. The van der Waals surface area contributed by atoms with E-state index >= 15 is 0 Å². The Hall–Kier alpha value is -0.200. The Morgan fingerprint density at radius 2 is 0.593 bits per heavy atom. The monoisotopic (exact) mass is 762 g/mol. The van der Waals surface area contributed by atoms with Crippen LogP contribution >= 0.6 is 0 Å². The van der Waals surface area contributed by atoms with Crippen LogP contribution in [-0.2, 0) is 0 Å². The molecule has 0 aromatic carbocycles. The minimum absolute atomic E-state index is 1.16. The van der Waals surface area contributed by atoms with Crippen molar-refractivity contribution in [2.75, 3.05) is 91.6 Å². The SMILES string of the molecule is CCCCCCCCCCCCNCCN1CCN(CCN(CCCCCCCCC)CCN(CCCCCCCCC)CCCCCCCCC)CC1. The van der Waals surface area contributed by atoms with Gasteiger partial charge in [0.2, 0.25) is 0 Å². The van der Waals surface area contributed by atoms with Gasteiger partial charge in [0.1, 0.15) is 0 Å². The summed E-state index contributed by atoms with van der Waals surface area (Å²) in [7, 11) is 0. The van der Waals surface area contributed by atoms with Crippen molar-refractivity contribution in [2.45, 2.75) is 227 Å². The van der Waals surface area contributed by atoms with Gasteiger partial charge in [-0.15, -0.1) is 0 Å². The minimum Gasteiger partial charge on any atom is -0.315 e. The van der Waals surface area contributed by atoms with Crippen molar-refractivity contribution in [3.8, 4) is 0 Å². The third kappa shape index (κ3) is 35.0. The number of nitrogens with one attached hydrogen (secondary N) is 1. The molecule has 5 heteroatoms. The summed E-state index contributed by atoms with van der Waals surface area (Å²) in [5.74, 6) is 0. The van der Waals surface area contributed by atoms with E-state index in [-0.39, 0.29) is 0 Å². The Kier molecular flexibility index (Phi) is 40.7. The van der Waals surface area contributed by atoms with E-state index in [0.29, 0.717) is 0 Å². The van der Waals surface area contributed by atoms with Crippen LogP contribution in [0.3, 0.4) is 0 Å². The summed E-state index contributed by atoms with van der Waals surface area (Å²) >= 11 is 0. The fourth-order valence-corrected chi connectivity index (χ4v) is 8.45. The molecule has 0 bridgehead atoms. The van der Waals surface area contributed by atoms with E-state index in [1.54, 1.807) is 0 Å². The Labute approximate surface area is 342 Å². The van der Waals surface area contributed by atoms with Gasteiger partial charge in [-0.05, 0) is 51.9 Å². The minimum atomic E-state index is 1.16. The first-order chi connectivity index (χ1) is 26.7. The maximum absolute atomic E-state index is 3.76. The first-order valence-electron chi connectivity index (χ1n) is 25.3. The highest BCUT2D eigenvalue weighted by Crippen LogP contribution is 2.13. The van der Waals surface area contributed by atoms with Crippen molar-refractivity contribution in [3.63, 3.8) is 0 Å². The van der Waals surface area contributed by atoms with Gasteiger partial charge >= 0.3 is 0 Å². The fourth-order valence-electron chi connectivity index (χ4n) is 8.45. The standard InChI is InChI=1S/C49H103N5/c1-5-9-13-17-21-22-23-24-28-32-36-50-37-41-53-45-48-54(49-46-53)47-44-52(40-35-31-27-20-16-12-8-4)43-42-51(38-33-29-25-18-14-10-6-2)39-34-30-26-19-15-11-7-3/h50H,5-49H2,1-4H3. The molecule has 54 heavy (non-hydrogen) atoms. The molecule has 0 unspecified atom stereocenters. The molecule has 0 aromatic rings. The average Bonchev–Trinajstić information content (AvgIpc) is 3.19. The summed E-state index contributed by atoms with van der Waals surface area (Å²) in [6.07, 6.45) is 44.1. The van der Waals surface area contributed by atoms with Crippen LogP contribution < -0.4 is 5.32 Å². The Bertz CT molecular complexity index is 678. The lowest BCUT2D eigenvalue weighted by Gasteiger charge is -2.36. The predicted octanol–water partition coefficient (Wildman–Crippen LogP) is 13.0. The predicted molar refractivity (Wildman–Crippen MR) is 244 cm³/mol. The molecule has 1 rings (SSSR count). The molecule has 0 radical (unpaired) electrons. The van der Waals surface area contributed by atoms with E-state index < -0.39 is 0 Å². The summed E-state index contributed by atoms with van der Waals surface area (Å²) in [5.41, 5.74) is 0. The lowest BCUT2D eigenvalue weighted by molar-refractivity contribution is 0.114. The van der Waals surface area contributed by atoms with Crippen LogP contribution in [0.15, 0.2) is 0 Å². The van der Waals surface area contributed by atoms with Gasteiger partial charge in [0.25, 0.3) is 0 Å². The Morgan fingerprint density at radius 3 is 0.963 bits per heavy atom. The molecule has 0 aliphatic carbocycles. The largest absolute Gasteiger partial charge is 0.315 e. The van der Waals surface area contributed by atoms with Crippen LogP contribution in [0, 0.1) is 0 Å². The molecule has 0 atom stereocenters. The van der Waals surface area contributed by atoms with Crippen molar-refractivity contribution in [1.82, 2.24) is 24.9 Å². The van der Waals surface area contributed by atoms with Gasteiger partial charge in [0, 0.05) is 65.4 Å². The van der Waals surface area contributed by atoms with E-state index in [0.717, 1.165) is 6.54 Å². The van der Waals surface area contributed by atoms with Crippen molar-refractivity contribution >= 4 is 0 Å². The van der Waals surface area contributed by atoms with Crippen molar-refractivity contribution < 1.29 is 0 Å². The normalized spacial score (nSPS) is 14.3. The number of hydrogen-bond acceptors (Lipinski definition) is 5. The molecular formula is C49H103N5. The van der Waals surface area contributed by atoms with Gasteiger partial charge in [-0.2, -0.15) is 0 Å². The lowest BCUT2D eigenvalue weighted by Crippen LogP contribution is -2.50. The first-order valence-corrected chi connectivity index (χ1v) is 25.3. The number of hydrogen-bond donors (Lipinski definition) is 1. The Morgan fingerprint density at radius 1 is 0.296 bits per heavy atom. The van der Waals surface area contributed by atoms with E-state index in [2.05, 4.69) is 52.6 Å². The van der Waals surface area contributed by atoms with E-state index in [1.165, 1.54) is 284 Å². The zero-order valence-electron chi connectivity index (χ0n) is 38.1. The second-order valence-electron chi connectivity index (χ2n) is 17.7. The van der Waals surface area contributed by atoms with Crippen LogP contribution in [0.4, 0.5) is 0 Å². The second-order valence-corrected chi connectivity index (χ2v) is 17.7. The summed E-state index contributed by atoms with van der Waals surface area (Å²) in [5, 5.41) is 3.76. The average molecular weight is 762 g/mol. The van der Waals surface area contributed by atoms with E-state index in [4.69, 9.17) is 0 Å². The molecule has 0 amide bonds. The van der Waals surface area contributed by atoms with Crippen molar-refractivity contribution in [1.29, 1.82) is 0 Å². The zero-order valence-corrected chi connectivity index (χ0v) is 38.1. The molecule has 5 nitrogen and oxygen atoms in total. The third-order valence-corrected chi connectivity index (χ3v) is 12.5. The summed E-state index contributed by atoms with van der Waals surface area (Å²) in [4.78, 5) is 11.2. The topological polar surface area (TPSA) is 25.0 Å². The Balaban J connectivity index is 2.41. The van der Waals surface area contributed by atoms with Crippen LogP contribution in [0.1, 0.15) is 227 Å².